The van der Waals surface area contributed by atoms with Gasteiger partial charge in [-0.3, -0.25) is 9.59 Å². The topological polar surface area (TPSA) is 70.2 Å². The van der Waals surface area contributed by atoms with E-state index in [1.165, 1.54) is 0 Å². The number of hydrogen-bond donors (Lipinski definition) is 3. The minimum Gasteiger partial charge on any atom is -0.326 e. The van der Waals surface area contributed by atoms with Gasteiger partial charge >= 0.3 is 0 Å². The normalized spacial score (nSPS) is 21.5. The van der Waals surface area contributed by atoms with Crippen molar-refractivity contribution < 1.29 is 9.59 Å². The van der Waals surface area contributed by atoms with Crippen molar-refractivity contribution in [2.45, 2.75) is 33.6 Å². The van der Waals surface area contributed by atoms with Crippen LogP contribution in [-0.4, -0.2) is 24.9 Å². The lowest BCUT2D eigenvalue weighted by Gasteiger charge is -2.32. The Morgan fingerprint density at radius 2 is 1.91 bits per heavy atom. The van der Waals surface area contributed by atoms with E-state index in [9.17, 15) is 9.59 Å². The summed E-state index contributed by atoms with van der Waals surface area (Å²) in [5.74, 6) is -0.0931. The van der Waals surface area contributed by atoms with E-state index in [0.29, 0.717) is 17.9 Å². The second-order valence-electron chi connectivity index (χ2n) is 6.52. The quantitative estimate of drug-likeness (QED) is 0.801. The molecule has 0 saturated carbocycles. The molecule has 1 heterocycles. The minimum atomic E-state index is -0.380. The van der Waals surface area contributed by atoms with Gasteiger partial charge in [-0.25, -0.2) is 0 Å². The van der Waals surface area contributed by atoms with Crippen LogP contribution >= 0.6 is 0 Å². The third kappa shape index (κ3) is 4.07. The minimum absolute atomic E-state index is 0.0204. The lowest BCUT2D eigenvalue weighted by atomic mass is 9.82. The smallest absolute Gasteiger partial charge is 0.231 e. The summed E-state index contributed by atoms with van der Waals surface area (Å²) in [5, 5.41) is 9.08. The van der Waals surface area contributed by atoms with Crippen LogP contribution in [0.15, 0.2) is 24.3 Å². The highest BCUT2D eigenvalue weighted by molar-refractivity contribution is 5.97. The molecular weight excluding hydrogens is 278 g/mol. The number of carbonyl (C=O) groups excluding carboxylic acids is 2. The Balaban J connectivity index is 2.03. The summed E-state index contributed by atoms with van der Waals surface area (Å²) in [5.41, 5.74) is 1.02. The van der Waals surface area contributed by atoms with Gasteiger partial charge in [0.15, 0.2) is 0 Å². The van der Waals surface area contributed by atoms with Crippen molar-refractivity contribution >= 4 is 23.2 Å². The molecule has 3 N–H and O–H groups in total. The van der Waals surface area contributed by atoms with Gasteiger partial charge < -0.3 is 16.0 Å². The number of benzene rings is 1. The van der Waals surface area contributed by atoms with Gasteiger partial charge in [-0.2, -0.15) is 0 Å². The molecule has 0 aliphatic carbocycles. The fourth-order valence-corrected chi connectivity index (χ4v) is 2.49. The molecule has 0 aromatic heterocycles. The first-order valence-electron chi connectivity index (χ1n) is 7.84. The van der Waals surface area contributed by atoms with Crippen LogP contribution < -0.4 is 16.0 Å². The van der Waals surface area contributed by atoms with Gasteiger partial charge in [-0.05, 0) is 44.5 Å². The number of amides is 2. The Hall–Kier alpha value is -1.88. The fourth-order valence-electron chi connectivity index (χ4n) is 2.49. The van der Waals surface area contributed by atoms with Crippen molar-refractivity contribution in [2.75, 3.05) is 23.7 Å². The van der Waals surface area contributed by atoms with E-state index in [1.807, 2.05) is 39.0 Å². The first-order valence-corrected chi connectivity index (χ1v) is 7.84. The van der Waals surface area contributed by atoms with E-state index in [2.05, 4.69) is 16.0 Å². The lowest BCUT2D eigenvalue weighted by molar-refractivity contribution is -0.125. The van der Waals surface area contributed by atoms with Gasteiger partial charge in [-0.15, -0.1) is 0 Å². The van der Waals surface area contributed by atoms with Crippen molar-refractivity contribution in [3.63, 3.8) is 0 Å². The van der Waals surface area contributed by atoms with Crippen LogP contribution in [0.4, 0.5) is 11.4 Å². The highest BCUT2D eigenvalue weighted by Crippen LogP contribution is 2.27. The van der Waals surface area contributed by atoms with E-state index in [-0.39, 0.29) is 23.1 Å². The zero-order chi connectivity index (χ0) is 16.2. The molecule has 5 heteroatoms. The average molecular weight is 303 g/mol. The number of nitrogens with one attached hydrogen (secondary N) is 3. The van der Waals surface area contributed by atoms with Gasteiger partial charge in [-0.1, -0.05) is 19.9 Å². The second-order valence-corrected chi connectivity index (χ2v) is 6.52. The molecule has 0 bridgehead atoms. The number of anilines is 2. The first kappa shape index (κ1) is 16.5. The summed E-state index contributed by atoms with van der Waals surface area (Å²) >= 11 is 0. The zero-order valence-electron chi connectivity index (χ0n) is 13.5. The van der Waals surface area contributed by atoms with Crippen LogP contribution in [0.2, 0.25) is 0 Å². The van der Waals surface area contributed by atoms with E-state index in [4.69, 9.17) is 0 Å². The largest absolute Gasteiger partial charge is 0.326 e. The molecule has 0 radical (unpaired) electrons. The number of carbonyl (C=O) groups is 2. The third-order valence-electron chi connectivity index (χ3n) is 4.06. The van der Waals surface area contributed by atoms with Gasteiger partial charge in [0.1, 0.15) is 0 Å². The molecule has 1 saturated heterocycles. The first-order chi connectivity index (χ1) is 10.4. The molecule has 120 valence electrons. The van der Waals surface area contributed by atoms with Crippen molar-refractivity contribution in [1.82, 2.24) is 5.32 Å². The lowest BCUT2D eigenvalue weighted by Crippen LogP contribution is -2.46. The highest BCUT2D eigenvalue weighted by Gasteiger charge is 2.34. The van der Waals surface area contributed by atoms with Crippen molar-refractivity contribution in [3.05, 3.63) is 24.3 Å². The summed E-state index contributed by atoms with van der Waals surface area (Å²) in [4.78, 5) is 24.2. The molecular formula is C17H25N3O2. The van der Waals surface area contributed by atoms with Crippen LogP contribution in [0.1, 0.15) is 33.6 Å². The SMILES string of the molecule is CC(C)C(=O)Nc1cccc(NC(=O)C2(C)CCCNC2)c1. The molecule has 22 heavy (non-hydrogen) atoms. The summed E-state index contributed by atoms with van der Waals surface area (Å²) in [6.07, 6.45) is 1.89. The maximum atomic E-state index is 12.5. The predicted molar refractivity (Wildman–Crippen MR) is 88.8 cm³/mol. The van der Waals surface area contributed by atoms with E-state index >= 15 is 0 Å². The average Bonchev–Trinajstić information content (AvgIpc) is 2.48. The van der Waals surface area contributed by atoms with Gasteiger partial charge in [0.2, 0.25) is 11.8 Å². The van der Waals surface area contributed by atoms with E-state index in [0.717, 1.165) is 19.4 Å². The summed E-state index contributed by atoms with van der Waals surface area (Å²) < 4.78 is 0. The van der Waals surface area contributed by atoms with Crippen molar-refractivity contribution in [2.24, 2.45) is 11.3 Å². The van der Waals surface area contributed by atoms with Crippen molar-refractivity contribution in [3.8, 4) is 0 Å². The molecule has 1 aliphatic heterocycles. The maximum Gasteiger partial charge on any atom is 0.231 e. The Labute approximate surface area is 131 Å². The molecule has 0 spiro atoms. The second kappa shape index (κ2) is 6.92. The van der Waals surface area contributed by atoms with Crippen LogP contribution in [0.25, 0.3) is 0 Å². The van der Waals surface area contributed by atoms with Crippen molar-refractivity contribution in [1.29, 1.82) is 0 Å². The molecule has 1 aromatic carbocycles. The molecule has 2 amide bonds. The molecule has 1 fully saturated rings. The zero-order valence-corrected chi connectivity index (χ0v) is 13.5. The van der Waals surface area contributed by atoms with Crippen LogP contribution in [0.3, 0.4) is 0 Å². The van der Waals surface area contributed by atoms with Crippen LogP contribution in [0, 0.1) is 11.3 Å². The Morgan fingerprint density at radius 3 is 2.50 bits per heavy atom. The van der Waals surface area contributed by atoms with Crippen LogP contribution in [-0.2, 0) is 9.59 Å². The molecule has 1 unspecified atom stereocenters. The molecule has 2 rings (SSSR count). The van der Waals surface area contributed by atoms with Gasteiger partial charge in [0.05, 0.1) is 5.41 Å². The standard InChI is InChI=1S/C17H25N3O2/c1-12(2)15(21)19-13-6-4-7-14(10-13)20-16(22)17(3)8-5-9-18-11-17/h4,6-7,10,12,18H,5,8-9,11H2,1-3H3,(H,19,21)(H,20,22). The molecule has 1 aliphatic rings. The summed E-state index contributed by atoms with van der Waals surface area (Å²) in [6, 6.07) is 7.27. The maximum absolute atomic E-state index is 12.5. The van der Waals surface area contributed by atoms with Gasteiger partial charge in [0, 0.05) is 23.8 Å². The number of rotatable bonds is 4. The monoisotopic (exact) mass is 303 g/mol. The Bertz CT molecular complexity index is 549. The Kier molecular flexibility index (Phi) is 5.19. The molecule has 1 aromatic rings. The number of piperidine rings is 1. The van der Waals surface area contributed by atoms with E-state index < -0.39 is 0 Å². The molecule has 1 atom stereocenters. The van der Waals surface area contributed by atoms with Crippen LogP contribution in [0.5, 0.6) is 0 Å². The number of hydrogen-bond acceptors (Lipinski definition) is 3. The van der Waals surface area contributed by atoms with E-state index in [1.54, 1.807) is 6.07 Å². The third-order valence-corrected chi connectivity index (χ3v) is 4.06. The fraction of sp³-hybridized carbons (Fsp3) is 0.529. The predicted octanol–water partition coefficient (Wildman–Crippen LogP) is 2.61. The summed E-state index contributed by atoms with van der Waals surface area (Å²) in [6.45, 7) is 7.34. The van der Waals surface area contributed by atoms with Gasteiger partial charge in [0.25, 0.3) is 0 Å². The Morgan fingerprint density at radius 1 is 1.23 bits per heavy atom. The molecule has 5 nitrogen and oxygen atoms in total. The summed E-state index contributed by atoms with van der Waals surface area (Å²) in [7, 11) is 0. The highest BCUT2D eigenvalue weighted by atomic mass is 16.2.